The Kier molecular flexibility index (Phi) is 5.22. The van der Waals surface area contributed by atoms with Crippen molar-refractivity contribution in [2.24, 2.45) is 0 Å². The maximum absolute atomic E-state index is 13.0. The van der Waals surface area contributed by atoms with Crippen LogP contribution in [0.4, 0.5) is 0 Å². The van der Waals surface area contributed by atoms with E-state index >= 15 is 0 Å². The Morgan fingerprint density at radius 3 is 2.67 bits per heavy atom. The van der Waals surface area contributed by atoms with Gasteiger partial charge in [-0.1, -0.05) is 18.2 Å². The van der Waals surface area contributed by atoms with Gasteiger partial charge in [-0.25, -0.2) is 0 Å². The van der Waals surface area contributed by atoms with Gasteiger partial charge in [0.2, 0.25) is 5.91 Å². The number of pyridine rings is 1. The van der Waals surface area contributed by atoms with Crippen LogP contribution >= 0.6 is 0 Å². The van der Waals surface area contributed by atoms with Crippen molar-refractivity contribution in [3.8, 4) is 0 Å². The largest absolute Gasteiger partial charge is 0.352 e. The quantitative estimate of drug-likeness (QED) is 0.591. The van der Waals surface area contributed by atoms with Crippen molar-refractivity contribution < 1.29 is 24.0 Å². The molecule has 1 atom stereocenters. The van der Waals surface area contributed by atoms with E-state index in [4.69, 9.17) is 0 Å². The van der Waals surface area contributed by atoms with E-state index in [2.05, 4.69) is 10.3 Å². The van der Waals surface area contributed by atoms with E-state index < -0.39 is 23.6 Å². The van der Waals surface area contributed by atoms with Gasteiger partial charge in [-0.3, -0.25) is 33.9 Å². The fourth-order valence-electron chi connectivity index (χ4n) is 3.88. The normalized spacial score (nSPS) is 18.5. The van der Waals surface area contributed by atoms with Gasteiger partial charge in [0.25, 0.3) is 11.8 Å². The smallest absolute Gasteiger partial charge is 0.262 e. The third-order valence-electron chi connectivity index (χ3n) is 5.35. The van der Waals surface area contributed by atoms with E-state index in [9.17, 15) is 24.0 Å². The molecule has 0 radical (unpaired) electrons. The molecule has 1 unspecified atom stereocenters. The molecule has 1 aliphatic carbocycles. The van der Waals surface area contributed by atoms with Gasteiger partial charge >= 0.3 is 0 Å². The van der Waals surface area contributed by atoms with Crippen molar-refractivity contribution in [2.45, 2.75) is 38.3 Å². The van der Waals surface area contributed by atoms with Gasteiger partial charge in [0.05, 0.1) is 30.0 Å². The number of hydrogen-bond acceptors (Lipinski definition) is 6. The van der Waals surface area contributed by atoms with Crippen molar-refractivity contribution in [1.82, 2.24) is 15.2 Å². The predicted octanol–water partition coefficient (Wildman–Crippen LogP) is 1.23. The lowest BCUT2D eigenvalue weighted by atomic mass is 9.92. The van der Waals surface area contributed by atoms with Gasteiger partial charge in [0.15, 0.2) is 5.78 Å². The Balaban J connectivity index is 1.51. The maximum Gasteiger partial charge on any atom is 0.262 e. The summed E-state index contributed by atoms with van der Waals surface area (Å²) in [5.41, 5.74) is 1.68. The number of fused-ring (bicyclic) bond motifs is 1. The van der Waals surface area contributed by atoms with Crippen LogP contribution in [-0.2, 0) is 27.3 Å². The molecule has 152 valence electrons. The first-order valence-electron chi connectivity index (χ1n) is 9.65. The zero-order chi connectivity index (χ0) is 21.3. The molecule has 1 aromatic heterocycles. The molecule has 0 spiro atoms. The van der Waals surface area contributed by atoms with E-state index in [1.165, 1.54) is 6.07 Å². The summed E-state index contributed by atoms with van der Waals surface area (Å²) in [6, 6.07) is 7.47. The van der Waals surface area contributed by atoms with Gasteiger partial charge in [0.1, 0.15) is 5.78 Å². The summed E-state index contributed by atoms with van der Waals surface area (Å²) in [7, 11) is 0. The Labute approximate surface area is 172 Å². The minimum atomic E-state index is -0.914. The van der Waals surface area contributed by atoms with Crippen LogP contribution in [0.25, 0.3) is 0 Å². The summed E-state index contributed by atoms with van der Waals surface area (Å²) in [5, 5.41) is 2.76. The topological polar surface area (TPSA) is 114 Å². The van der Waals surface area contributed by atoms with Crippen LogP contribution in [-0.4, -0.2) is 45.2 Å². The Bertz CT molecular complexity index is 1060. The van der Waals surface area contributed by atoms with Crippen LogP contribution in [0.3, 0.4) is 0 Å². The molecule has 8 nitrogen and oxygen atoms in total. The third kappa shape index (κ3) is 3.63. The summed E-state index contributed by atoms with van der Waals surface area (Å²) < 4.78 is 0. The van der Waals surface area contributed by atoms with Crippen LogP contribution in [0, 0.1) is 0 Å². The molecule has 1 aromatic carbocycles. The molecule has 2 aromatic rings. The second-order valence-corrected chi connectivity index (χ2v) is 7.37. The standard InChI is InChI=1S/C22H19N3O5/c26-15-6-7-17(18(27)10-15)25-21(29)16-5-1-4-14(20(16)22(25)30)12-24-19(28)9-13-3-2-8-23-11-13/h1-5,8,11,17H,6-7,9-10,12H2,(H,24,28). The minimum Gasteiger partial charge on any atom is -0.352 e. The van der Waals surface area contributed by atoms with Crippen molar-refractivity contribution in [3.05, 3.63) is 65.0 Å². The average molecular weight is 405 g/mol. The zero-order valence-corrected chi connectivity index (χ0v) is 16.1. The molecule has 1 fully saturated rings. The average Bonchev–Trinajstić information content (AvgIpc) is 2.98. The first kappa shape index (κ1) is 19.6. The Morgan fingerprint density at radius 2 is 1.93 bits per heavy atom. The maximum atomic E-state index is 13.0. The summed E-state index contributed by atoms with van der Waals surface area (Å²) in [6.45, 7) is 0.0756. The highest BCUT2D eigenvalue weighted by atomic mass is 16.2. The lowest BCUT2D eigenvalue weighted by Gasteiger charge is -2.27. The Hall–Kier alpha value is -3.68. The molecule has 1 saturated carbocycles. The van der Waals surface area contributed by atoms with Gasteiger partial charge in [-0.05, 0) is 29.7 Å². The van der Waals surface area contributed by atoms with E-state index in [1.807, 2.05) is 0 Å². The number of ketones is 2. The molecule has 3 amide bonds. The minimum absolute atomic E-state index is 0.0756. The van der Waals surface area contributed by atoms with E-state index in [0.29, 0.717) is 5.56 Å². The number of benzene rings is 1. The van der Waals surface area contributed by atoms with Crippen LogP contribution in [0.5, 0.6) is 0 Å². The lowest BCUT2D eigenvalue weighted by molar-refractivity contribution is -0.132. The molecule has 4 rings (SSSR count). The summed E-state index contributed by atoms with van der Waals surface area (Å²) in [4.78, 5) is 66.8. The van der Waals surface area contributed by atoms with Gasteiger partial charge in [0, 0.05) is 25.4 Å². The van der Waals surface area contributed by atoms with Crippen LogP contribution < -0.4 is 5.32 Å². The number of imide groups is 1. The van der Waals surface area contributed by atoms with Crippen molar-refractivity contribution >= 4 is 29.3 Å². The van der Waals surface area contributed by atoms with Crippen molar-refractivity contribution in [2.75, 3.05) is 0 Å². The van der Waals surface area contributed by atoms with Crippen molar-refractivity contribution in [1.29, 1.82) is 0 Å². The fraction of sp³-hybridized carbons (Fsp3) is 0.273. The summed E-state index contributed by atoms with van der Waals surface area (Å²) >= 11 is 0. The number of aromatic nitrogens is 1. The van der Waals surface area contributed by atoms with Crippen LogP contribution in [0.15, 0.2) is 42.7 Å². The number of Topliss-reactive ketones (excluding diaryl/α,β-unsaturated/α-hetero) is 2. The van der Waals surface area contributed by atoms with Crippen molar-refractivity contribution in [3.63, 3.8) is 0 Å². The highest BCUT2D eigenvalue weighted by molar-refractivity contribution is 6.24. The number of hydrogen-bond donors (Lipinski definition) is 1. The number of amides is 3. The number of nitrogens with one attached hydrogen (secondary N) is 1. The molecular weight excluding hydrogens is 386 g/mol. The molecule has 0 bridgehead atoms. The third-order valence-corrected chi connectivity index (χ3v) is 5.35. The Morgan fingerprint density at radius 1 is 1.10 bits per heavy atom. The van der Waals surface area contributed by atoms with Gasteiger partial charge < -0.3 is 5.32 Å². The molecule has 2 aliphatic rings. The second kappa shape index (κ2) is 7.98. The molecule has 0 saturated heterocycles. The SMILES string of the molecule is O=C1CCC(N2C(=O)c3cccc(CNC(=O)Cc4cccnc4)c3C2=O)C(=O)C1. The number of rotatable bonds is 5. The van der Waals surface area contributed by atoms with Crippen LogP contribution in [0.2, 0.25) is 0 Å². The van der Waals surface area contributed by atoms with Crippen LogP contribution in [0.1, 0.15) is 51.1 Å². The number of carbonyl (C=O) groups is 5. The first-order chi connectivity index (χ1) is 14.5. The molecule has 1 aliphatic heterocycles. The predicted molar refractivity (Wildman–Crippen MR) is 104 cm³/mol. The van der Waals surface area contributed by atoms with Gasteiger partial charge in [-0.2, -0.15) is 0 Å². The molecular formula is C22H19N3O5. The number of carbonyl (C=O) groups excluding carboxylic acids is 5. The van der Waals surface area contributed by atoms with E-state index in [0.717, 1.165) is 10.5 Å². The molecule has 2 heterocycles. The zero-order valence-electron chi connectivity index (χ0n) is 16.1. The molecule has 1 N–H and O–H groups in total. The monoisotopic (exact) mass is 405 g/mol. The highest BCUT2D eigenvalue weighted by Gasteiger charge is 2.45. The molecule has 8 heteroatoms. The second-order valence-electron chi connectivity index (χ2n) is 7.37. The van der Waals surface area contributed by atoms with E-state index in [1.54, 1.807) is 36.7 Å². The van der Waals surface area contributed by atoms with Gasteiger partial charge in [-0.15, -0.1) is 0 Å². The fourth-order valence-corrected chi connectivity index (χ4v) is 3.88. The summed E-state index contributed by atoms with van der Waals surface area (Å²) in [6.07, 6.45) is 3.44. The molecule has 30 heavy (non-hydrogen) atoms. The first-order valence-corrected chi connectivity index (χ1v) is 9.65. The highest BCUT2D eigenvalue weighted by Crippen LogP contribution is 2.31. The number of nitrogens with zero attached hydrogens (tertiary/aromatic N) is 2. The lowest BCUT2D eigenvalue weighted by Crippen LogP contribution is -2.47. The summed E-state index contributed by atoms with van der Waals surface area (Å²) in [5.74, 6) is -1.92. The van der Waals surface area contributed by atoms with E-state index in [-0.39, 0.29) is 55.0 Å².